The first-order valence-corrected chi connectivity index (χ1v) is 10.7. The number of nitrogens with one attached hydrogen (secondary N) is 1. The van der Waals surface area contributed by atoms with E-state index in [9.17, 15) is 9.18 Å². The summed E-state index contributed by atoms with van der Waals surface area (Å²) in [5.74, 6) is -0.601. The van der Waals surface area contributed by atoms with Crippen LogP contribution in [0.3, 0.4) is 0 Å². The van der Waals surface area contributed by atoms with Crippen LogP contribution >= 0.6 is 34.8 Å². The Morgan fingerprint density at radius 2 is 1.66 bits per heavy atom. The SMILES string of the molecule is CCOc1cc(CNc2cc(C(=O)O)ccc2Cl)c(Cl)cc1OCc1ccc(F)cc1Cl. The first kappa shape index (κ1) is 24.0. The fraction of sp³-hybridized carbons (Fsp3) is 0.174. The number of halogens is 4. The van der Waals surface area contributed by atoms with Crippen molar-refractivity contribution in [2.45, 2.75) is 20.1 Å². The fourth-order valence-corrected chi connectivity index (χ4v) is 3.50. The molecule has 0 bridgehead atoms. The van der Waals surface area contributed by atoms with Crippen molar-refractivity contribution >= 4 is 46.5 Å². The number of anilines is 1. The summed E-state index contributed by atoms with van der Waals surface area (Å²) < 4.78 is 24.8. The number of carbonyl (C=O) groups is 1. The van der Waals surface area contributed by atoms with Gasteiger partial charge in [-0.05, 0) is 48.9 Å². The molecule has 3 aromatic rings. The highest BCUT2D eigenvalue weighted by molar-refractivity contribution is 6.33. The average molecular weight is 499 g/mol. The molecule has 9 heteroatoms. The summed E-state index contributed by atoms with van der Waals surface area (Å²) in [6.45, 7) is 2.61. The molecule has 0 aromatic heterocycles. The summed E-state index contributed by atoms with van der Waals surface area (Å²) in [4.78, 5) is 11.2. The van der Waals surface area contributed by atoms with Gasteiger partial charge in [0.1, 0.15) is 12.4 Å². The number of benzene rings is 3. The molecule has 5 nitrogen and oxygen atoms in total. The Morgan fingerprint density at radius 3 is 2.34 bits per heavy atom. The van der Waals surface area contributed by atoms with Gasteiger partial charge in [-0.1, -0.05) is 40.9 Å². The van der Waals surface area contributed by atoms with Crippen molar-refractivity contribution in [2.24, 2.45) is 0 Å². The molecule has 3 aromatic carbocycles. The highest BCUT2D eigenvalue weighted by Crippen LogP contribution is 2.35. The van der Waals surface area contributed by atoms with E-state index in [2.05, 4.69) is 5.32 Å². The van der Waals surface area contributed by atoms with E-state index in [-0.39, 0.29) is 23.7 Å². The summed E-state index contributed by atoms with van der Waals surface area (Å²) >= 11 is 18.7. The summed E-state index contributed by atoms with van der Waals surface area (Å²) in [6.07, 6.45) is 0. The quantitative estimate of drug-likeness (QED) is 0.330. The highest BCUT2D eigenvalue weighted by Gasteiger charge is 2.14. The molecule has 2 N–H and O–H groups in total. The largest absolute Gasteiger partial charge is 0.490 e. The Kier molecular flexibility index (Phi) is 8.07. The molecule has 0 atom stereocenters. The smallest absolute Gasteiger partial charge is 0.335 e. The number of aromatic carboxylic acids is 1. The van der Waals surface area contributed by atoms with Crippen molar-refractivity contribution in [1.29, 1.82) is 0 Å². The second-order valence-corrected chi connectivity index (χ2v) is 7.92. The molecule has 0 aliphatic heterocycles. The lowest BCUT2D eigenvalue weighted by molar-refractivity contribution is 0.0697. The maximum atomic E-state index is 13.2. The number of rotatable bonds is 9. The van der Waals surface area contributed by atoms with E-state index in [4.69, 9.17) is 49.4 Å². The molecule has 32 heavy (non-hydrogen) atoms. The average Bonchev–Trinajstić information content (AvgIpc) is 2.74. The zero-order chi connectivity index (χ0) is 23.3. The molecule has 168 valence electrons. The Labute approximate surface area is 199 Å². The van der Waals surface area contributed by atoms with Crippen LogP contribution in [0, 0.1) is 5.82 Å². The van der Waals surface area contributed by atoms with Crippen LogP contribution in [0.25, 0.3) is 0 Å². The minimum atomic E-state index is -1.05. The van der Waals surface area contributed by atoms with Crippen molar-refractivity contribution in [3.63, 3.8) is 0 Å². The second kappa shape index (κ2) is 10.8. The van der Waals surface area contributed by atoms with Gasteiger partial charge >= 0.3 is 5.97 Å². The van der Waals surface area contributed by atoms with Gasteiger partial charge in [0.15, 0.2) is 11.5 Å². The molecule has 0 aliphatic carbocycles. The minimum Gasteiger partial charge on any atom is -0.490 e. The van der Waals surface area contributed by atoms with Gasteiger partial charge < -0.3 is 19.9 Å². The van der Waals surface area contributed by atoms with Crippen LogP contribution in [0.15, 0.2) is 48.5 Å². The molecular formula is C23H19Cl3FNO4. The molecule has 0 amide bonds. The van der Waals surface area contributed by atoms with Crippen molar-refractivity contribution < 1.29 is 23.8 Å². The maximum Gasteiger partial charge on any atom is 0.335 e. The van der Waals surface area contributed by atoms with Gasteiger partial charge in [-0.3, -0.25) is 0 Å². The lowest BCUT2D eigenvalue weighted by atomic mass is 10.1. The van der Waals surface area contributed by atoms with Crippen molar-refractivity contribution in [3.05, 3.63) is 86.1 Å². The molecule has 0 radical (unpaired) electrons. The molecule has 0 saturated heterocycles. The zero-order valence-corrected chi connectivity index (χ0v) is 19.2. The van der Waals surface area contributed by atoms with E-state index in [0.29, 0.717) is 45.0 Å². The number of carboxylic acids is 1. The zero-order valence-electron chi connectivity index (χ0n) is 16.9. The van der Waals surface area contributed by atoms with Gasteiger partial charge in [-0.25, -0.2) is 9.18 Å². The van der Waals surface area contributed by atoms with E-state index in [1.54, 1.807) is 18.2 Å². The Hall–Kier alpha value is -2.67. The van der Waals surface area contributed by atoms with Gasteiger partial charge in [0.25, 0.3) is 0 Å². The summed E-state index contributed by atoms with van der Waals surface area (Å²) in [5, 5.41) is 13.3. The van der Waals surface area contributed by atoms with Gasteiger partial charge in [-0.2, -0.15) is 0 Å². The van der Waals surface area contributed by atoms with E-state index >= 15 is 0 Å². The highest BCUT2D eigenvalue weighted by atomic mass is 35.5. The predicted molar refractivity (Wildman–Crippen MR) is 124 cm³/mol. The van der Waals surface area contributed by atoms with E-state index in [1.165, 1.54) is 30.3 Å². The van der Waals surface area contributed by atoms with Crippen LogP contribution in [0.1, 0.15) is 28.4 Å². The van der Waals surface area contributed by atoms with Gasteiger partial charge in [0, 0.05) is 23.2 Å². The molecule has 0 aliphatic rings. The molecule has 0 unspecified atom stereocenters. The standard InChI is InChI=1S/C23H19Cl3FNO4/c1-2-31-21-8-15(11-28-20-7-13(23(29)30)4-6-17(20)24)19(26)10-22(21)32-12-14-3-5-16(27)9-18(14)25/h3-10,28H,2,11-12H2,1H3,(H,29,30). The number of hydrogen-bond donors (Lipinski definition) is 2. The molecular weight excluding hydrogens is 480 g/mol. The Morgan fingerprint density at radius 1 is 0.938 bits per heavy atom. The summed E-state index contributed by atoms with van der Waals surface area (Å²) in [6, 6.07) is 11.8. The molecule has 0 fully saturated rings. The molecule has 0 saturated carbocycles. The lowest BCUT2D eigenvalue weighted by Gasteiger charge is -2.16. The number of carboxylic acid groups (broad SMARTS) is 1. The second-order valence-electron chi connectivity index (χ2n) is 6.70. The van der Waals surface area contributed by atoms with Gasteiger partial charge in [0.2, 0.25) is 0 Å². The molecule has 0 heterocycles. The van der Waals surface area contributed by atoms with E-state index < -0.39 is 11.8 Å². The monoisotopic (exact) mass is 497 g/mol. The van der Waals surface area contributed by atoms with Crippen molar-refractivity contribution in [2.75, 3.05) is 11.9 Å². The lowest BCUT2D eigenvalue weighted by Crippen LogP contribution is -2.05. The number of ether oxygens (including phenoxy) is 2. The number of hydrogen-bond acceptors (Lipinski definition) is 4. The van der Waals surface area contributed by atoms with Crippen LogP contribution in [0.4, 0.5) is 10.1 Å². The molecule has 0 spiro atoms. The van der Waals surface area contributed by atoms with Crippen LogP contribution in [0.5, 0.6) is 11.5 Å². The van der Waals surface area contributed by atoms with Crippen LogP contribution in [-0.4, -0.2) is 17.7 Å². The fourth-order valence-electron chi connectivity index (χ4n) is 2.87. The maximum absolute atomic E-state index is 13.2. The third kappa shape index (κ3) is 5.97. The third-order valence-corrected chi connectivity index (χ3v) is 5.53. The molecule has 3 rings (SSSR count). The first-order valence-electron chi connectivity index (χ1n) is 9.57. The Bertz CT molecular complexity index is 1140. The van der Waals surface area contributed by atoms with E-state index in [0.717, 1.165) is 0 Å². The Balaban J connectivity index is 1.79. The third-order valence-electron chi connectivity index (χ3n) is 4.49. The normalized spacial score (nSPS) is 10.7. The van der Waals surface area contributed by atoms with E-state index in [1.807, 2.05) is 6.92 Å². The summed E-state index contributed by atoms with van der Waals surface area (Å²) in [7, 11) is 0. The predicted octanol–water partition coefficient (Wildman–Crippen LogP) is 7.07. The van der Waals surface area contributed by atoms with Crippen LogP contribution < -0.4 is 14.8 Å². The van der Waals surface area contributed by atoms with Crippen molar-refractivity contribution in [3.8, 4) is 11.5 Å². The van der Waals surface area contributed by atoms with Gasteiger partial charge in [0.05, 0.1) is 27.9 Å². The summed E-state index contributed by atoms with van der Waals surface area (Å²) in [5.41, 5.74) is 1.89. The first-order chi connectivity index (χ1) is 15.3. The minimum absolute atomic E-state index is 0.102. The van der Waals surface area contributed by atoms with Crippen molar-refractivity contribution in [1.82, 2.24) is 0 Å². The van der Waals surface area contributed by atoms with Gasteiger partial charge in [-0.15, -0.1) is 0 Å². The van der Waals surface area contributed by atoms with Crippen LogP contribution in [0.2, 0.25) is 15.1 Å². The topological polar surface area (TPSA) is 67.8 Å². The van der Waals surface area contributed by atoms with Crippen LogP contribution in [-0.2, 0) is 13.2 Å².